The predicted molar refractivity (Wildman–Crippen MR) is 121 cm³/mol. The summed E-state index contributed by atoms with van der Waals surface area (Å²) < 4.78 is 5.29. The van der Waals surface area contributed by atoms with E-state index in [0.29, 0.717) is 10.4 Å². The highest BCUT2D eigenvalue weighted by Crippen LogP contribution is 2.32. The fourth-order valence-electron chi connectivity index (χ4n) is 3.42. The third kappa shape index (κ3) is 3.51. The number of para-hydroxylation sites is 1. The third-order valence-corrected chi connectivity index (χ3v) is 5.83. The van der Waals surface area contributed by atoms with Gasteiger partial charge in [-0.25, -0.2) is 9.78 Å². The molecule has 0 radical (unpaired) electrons. The van der Waals surface area contributed by atoms with Crippen LogP contribution in [0.15, 0.2) is 93.5 Å². The summed E-state index contributed by atoms with van der Waals surface area (Å²) in [6, 6.07) is 24.3. The number of non-ortho nitro benzene ring substituents is 1. The highest BCUT2D eigenvalue weighted by Gasteiger charge is 2.18. The van der Waals surface area contributed by atoms with E-state index in [1.54, 1.807) is 18.2 Å². The van der Waals surface area contributed by atoms with Gasteiger partial charge in [-0.15, -0.1) is 11.3 Å². The van der Waals surface area contributed by atoms with Gasteiger partial charge in [-0.05, 0) is 17.2 Å². The molecule has 150 valence electrons. The molecular formula is C24H14N2O4S. The van der Waals surface area contributed by atoms with Crippen molar-refractivity contribution >= 4 is 28.0 Å². The van der Waals surface area contributed by atoms with E-state index in [4.69, 9.17) is 4.42 Å². The van der Waals surface area contributed by atoms with Crippen molar-refractivity contribution in [3.63, 3.8) is 0 Å². The first-order valence-electron chi connectivity index (χ1n) is 9.43. The van der Waals surface area contributed by atoms with E-state index in [2.05, 4.69) is 17.1 Å². The van der Waals surface area contributed by atoms with Crippen LogP contribution < -0.4 is 5.63 Å². The van der Waals surface area contributed by atoms with Crippen molar-refractivity contribution in [1.82, 2.24) is 4.98 Å². The minimum Gasteiger partial charge on any atom is -0.415 e. The molecule has 0 amide bonds. The standard InChI is InChI=1S/C24H14N2O4S/c27-24-19(13-18-7-4-8-21(26(28)29)22(18)30-24)23-25-20(14-31-23)17-11-9-16(10-12-17)15-5-2-1-3-6-15/h1-14H. The van der Waals surface area contributed by atoms with Gasteiger partial charge in [0.05, 0.1) is 16.2 Å². The maximum absolute atomic E-state index is 12.5. The van der Waals surface area contributed by atoms with Gasteiger partial charge in [0.1, 0.15) is 5.01 Å². The van der Waals surface area contributed by atoms with Crippen molar-refractivity contribution < 1.29 is 9.34 Å². The second kappa shape index (κ2) is 7.62. The Morgan fingerprint density at radius 2 is 1.58 bits per heavy atom. The third-order valence-electron chi connectivity index (χ3n) is 4.96. The van der Waals surface area contributed by atoms with Gasteiger partial charge >= 0.3 is 11.3 Å². The van der Waals surface area contributed by atoms with Crippen molar-refractivity contribution in [3.8, 4) is 33.0 Å². The first kappa shape index (κ1) is 18.9. The van der Waals surface area contributed by atoms with Crippen LogP contribution in [-0.2, 0) is 0 Å². The fourth-order valence-corrected chi connectivity index (χ4v) is 4.25. The number of nitro benzene ring substituents is 1. The van der Waals surface area contributed by atoms with Crippen molar-refractivity contribution in [1.29, 1.82) is 0 Å². The van der Waals surface area contributed by atoms with E-state index in [0.717, 1.165) is 22.4 Å². The van der Waals surface area contributed by atoms with E-state index in [9.17, 15) is 14.9 Å². The summed E-state index contributed by atoms with van der Waals surface area (Å²) in [5.74, 6) is 0. The second-order valence-electron chi connectivity index (χ2n) is 6.88. The van der Waals surface area contributed by atoms with Gasteiger partial charge in [0.25, 0.3) is 0 Å². The smallest absolute Gasteiger partial charge is 0.346 e. The number of nitrogens with zero attached hydrogens (tertiary/aromatic N) is 2. The Bertz CT molecular complexity index is 1470. The molecule has 2 heterocycles. The molecule has 0 fully saturated rings. The Morgan fingerprint density at radius 1 is 0.871 bits per heavy atom. The van der Waals surface area contributed by atoms with E-state index in [-0.39, 0.29) is 16.8 Å². The van der Waals surface area contributed by atoms with Crippen LogP contribution in [-0.4, -0.2) is 9.91 Å². The zero-order valence-electron chi connectivity index (χ0n) is 16.0. The van der Waals surface area contributed by atoms with Gasteiger partial charge in [-0.3, -0.25) is 10.1 Å². The van der Waals surface area contributed by atoms with E-state index >= 15 is 0 Å². The van der Waals surface area contributed by atoms with Crippen LogP contribution >= 0.6 is 11.3 Å². The maximum atomic E-state index is 12.5. The molecule has 31 heavy (non-hydrogen) atoms. The van der Waals surface area contributed by atoms with E-state index in [1.807, 2.05) is 47.8 Å². The van der Waals surface area contributed by atoms with Crippen molar-refractivity contribution in [2.75, 3.05) is 0 Å². The number of nitro groups is 1. The van der Waals surface area contributed by atoms with Crippen molar-refractivity contribution in [3.05, 3.63) is 105 Å². The summed E-state index contributed by atoms with van der Waals surface area (Å²) in [6.45, 7) is 0. The number of hydrogen-bond donors (Lipinski definition) is 0. The van der Waals surface area contributed by atoms with E-state index < -0.39 is 10.5 Å². The van der Waals surface area contributed by atoms with Crippen LogP contribution in [0.25, 0.3) is 43.9 Å². The Hall–Kier alpha value is -4.10. The van der Waals surface area contributed by atoms with Gasteiger partial charge in [0, 0.05) is 22.4 Å². The zero-order valence-corrected chi connectivity index (χ0v) is 16.8. The number of hydrogen-bond acceptors (Lipinski definition) is 6. The lowest BCUT2D eigenvalue weighted by Crippen LogP contribution is -2.03. The molecule has 5 aromatic rings. The molecule has 0 bridgehead atoms. The molecule has 0 aliphatic heterocycles. The molecule has 0 aliphatic rings. The first-order chi connectivity index (χ1) is 15.1. The van der Waals surface area contributed by atoms with Crippen LogP contribution in [0.3, 0.4) is 0 Å². The molecule has 0 atom stereocenters. The van der Waals surface area contributed by atoms with Crippen LogP contribution in [0.2, 0.25) is 0 Å². The zero-order chi connectivity index (χ0) is 21.4. The molecule has 6 nitrogen and oxygen atoms in total. The molecular weight excluding hydrogens is 412 g/mol. The van der Waals surface area contributed by atoms with Gasteiger partial charge < -0.3 is 4.42 Å². The van der Waals surface area contributed by atoms with E-state index in [1.165, 1.54) is 17.4 Å². The van der Waals surface area contributed by atoms with Gasteiger partial charge in [0.2, 0.25) is 5.58 Å². The summed E-state index contributed by atoms with van der Waals surface area (Å²) in [5.41, 5.74) is 3.29. The average molecular weight is 426 g/mol. The minimum absolute atomic E-state index is 0.0328. The molecule has 0 N–H and O–H groups in total. The summed E-state index contributed by atoms with van der Waals surface area (Å²) in [5, 5.41) is 14.1. The molecule has 0 saturated heterocycles. The van der Waals surface area contributed by atoms with Crippen LogP contribution in [0.5, 0.6) is 0 Å². The molecule has 0 saturated carbocycles. The normalized spacial score (nSPS) is 11.0. The number of aromatic nitrogens is 1. The second-order valence-corrected chi connectivity index (χ2v) is 7.74. The Morgan fingerprint density at radius 3 is 2.32 bits per heavy atom. The fraction of sp³-hybridized carbons (Fsp3) is 0. The largest absolute Gasteiger partial charge is 0.415 e. The summed E-state index contributed by atoms with van der Waals surface area (Å²) in [7, 11) is 0. The van der Waals surface area contributed by atoms with Crippen LogP contribution in [0, 0.1) is 10.1 Å². The number of benzene rings is 3. The summed E-state index contributed by atoms with van der Waals surface area (Å²) in [6.07, 6.45) is 0. The number of fused-ring (bicyclic) bond motifs is 1. The van der Waals surface area contributed by atoms with Gasteiger partial charge in [0.15, 0.2) is 0 Å². The Kier molecular flexibility index (Phi) is 4.65. The maximum Gasteiger partial charge on any atom is 0.346 e. The monoisotopic (exact) mass is 426 g/mol. The van der Waals surface area contributed by atoms with Crippen molar-refractivity contribution in [2.45, 2.75) is 0 Å². The lowest BCUT2D eigenvalue weighted by molar-refractivity contribution is -0.383. The highest BCUT2D eigenvalue weighted by molar-refractivity contribution is 7.13. The first-order valence-corrected chi connectivity index (χ1v) is 10.3. The quantitative estimate of drug-likeness (QED) is 0.195. The summed E-state index contributed by atoms with van der Waals surface area (Å²) >= 11 is 1.33. The van der Waals surface area contributed by atoms with Crippen molar-refractivity contribution in [2.24, 2.45) is 0 Å². The molecule has 3 aromatic carbocycles. The number of thiazole rings is 1. The molecule has 7 heteroatoms. The molecule has 5 rings (SSSR count). The molecule has 2 aromatic heterocycles. The average Bonchev–Trinajstić information content (AvgIpc) is 3.29. The van der Waals surface area contributed by atoms with Crippen LogP contribution in [0.1, 0.15) is 0 Å². The minimum atomic E-state index is -0.651. The molecule has 0 spiro atoms. The molecule has 0 aliphatic carbocycles. The Balaban J connectivity index is 1.51. The van der Waals surface area contributed by atoms with Gasteiger partial charge in [-0.2, -0.15) is 0 Å². The topological polar surface area (TPSA) is 86.2 Å². The van der Waals surface area contributed by atoms with Gasteiger partial charge in [-0.1, -0.05) is 66.7 Å². The lowest BCUT2D eigenvalue weighted by Gasteiger charge is -2.03. The predicted octanol–water partition coefficient (Wildman–Crippen LogP) is 6.16. The van der Waals surface area contributed by atoms with Crippen LogP contribution in [0.4, 0.5) is 5.69 Å². The Labute approximate surface area is 180 Å². The SMILES string of the molecule is O=c1oc2c([N+](=O)[O-])cccc2cc1-c1nc(-c2ccc(-c3ccccc3)cc2)cs1. The lowest BCUT2D eigenvalue weighted by atomic mass is 10.0. The highest BCUT2D eigenvalue weighted by atomic mass is 32.1. The number of rotatable bonds is 4. The molecule has 0 unspecified atom stereocenters. The summed E-state index contributed by atoms with van der Waals surface area (Å²) in [4.78, 5) is 27.8.